The topological polar surface area (TPSA) is 41.3 Å². The van der Waals surface area contributed by atoms with Gasteiger partial charge in [-0.25, -0.2) is 5.84 Å². The lowest BCUT2D eigenvalue weighted by atomic mass is 10.3. The summed E-state index contributed by atoms with van der Waals surface area (Å²) in [5, 5.41) is 4.98. The molecule has 3 N–H and O–H groups in total. The summed E-state index contributed by atoms with van der Waals surface area (Å²) in [6.07, 6.45) is 0. The second kappa shape index (κ2) is 5.43. The molecule has 0 radical (unpaired) electrons. The van der Waals surface area contributed by atoms with Crippen LogP contribution >= 0.6 is 12.2 Å². The molecular formula is C13H13N3S. The second-order valence-corrected chi connectivity index (χ2v) is 3.89. The van der Waals surface area contributed by atoms with Crippen molar-refractivity contribution in [3.8, 4) is 0 Å². The van der Waals surface area contributed by atoms with E-state index < -0.39 is 0 Å². The van der Waals surface area contributed by atoms with Gasteiger partial charge in [-0.3, -0.25) is 5.01 Å². The van der Waals surface area contributed by atoms with Gasteiger partial charge in [0.05, 0.1) is 5.69 Å². The molecule has 3 nitrogen and oxygen atoms in total. The first kappa shape index (κ1) is 11.6. The van der Waals surface area contributed by atoms with Crippen LogP contribution in [0.25, 0.3) is 0 Å². The van der Waals surface area contributed by atoms with Gasteiger partial charge in [-0.1, -0.05) is 36.4 Å². The molecule has 0 unspecified atom stereocenters. The fraction of sp³-hybridized carbons (Fsp3) is 0. The molecule has 2 aromatic carbocycles. The molecule has 0 aromatic heterocycles. The first-order valence-electron chi connectivity index (χ1n) is 5.23. The van der Waals surface area contributed by atoms with E-state index in [1.165, 1.54) is 5.01 Å². The molecular weight excluding hydrogens is 230 g/mol. The van der Waals surface area contributed by atoms with Crippen molar-refractivity contribution in [2.45, 2.75) is 0 Å². The second-order valence-electron chi connectivity index (χ2n) is 3.50. The highest BCUT2D eigenvalue weighted by Crippen LogP contribution is 2.12. The van der Waals surface area contributed by atoms with Crippen molar-refractivity contribution in [1.82, 2.24) is 0 Å². The number of rotatable bonds is 2. The zero-order valence-electron chi connectivity index (χ0n) is 9.21. The average molecular weight is 243 g/mol. The predicted molar refractivity (Wildman–Crippen MR) is 75.8 cm³/mol. The minimum atomic E-state index is 0.461. The lowest BCUT2D eigenvalue weighted by Gasteiger charge is -2.20. The standard InChI is InChI=1S/C13H13N3S/c14-16(12-9-5-2-6-10-12)13(17)15-11-7-3-1-4-8-11/h1-10H,14H2,(H,15,17). The maximum absolute atomic E-state index is 5.92. The molecule has 0 amide bonds. The number of hydrogen-bond acceptors (Lipinski definition) is 2. The van der Waals surface area contributed by atoms with Gasteiger partial charge >= 0.3 is 0 Å². The molecule has 86 valence electrons. The Labute approximate surface area is 106 Å². The largest absolute Gasteiger partial charge is 0.331 e. The van der Waals surface area contributed by atoms with Gasteiger partial charge in [-0.05, 0) is 36.5 Å². The summed E-state index contributed by atoms with van der Waals surface area (Å²) < 4.78 is 0. The minimum Gasteiger partial charge on any atom is -0.331 e. The van der Waals surface area contributed by atoms with E-state index in [-0.39, 0.29) is 0 Å². The van der Waals surface area contributed by atoms with Gasteiger partial charge in [0.15, 0.2) is 5.11 Å². The Morgan fingerprint density at radius 2 is 1.47 bits per heavy atom. The van der Waals surface area contributed by atoms with Crippen LogP contribution < -0.4 is 16.2 Å². The number of hydrogen-bond donors (Lipinski definition) is 2. The van der Waals surface area contributed by atoms with E-state index in [1.807, 2.05) is 60.7 Å². The van der Waals surface area contributed by atoms with Crippen molar-refractivity contribution in [3.63, 3.8) is 0 Å². The smallest absolute Gasteiger partial charge is 0.192 e. The number of thiocarbonyl (C=S) groups is 1. The summed E-state index contributed by atoms with van der Waals surface area (Å²) in [6, 6.07) is 19.3. The van der Waals surface area contributed by atoms with E-state index >= 15 is 0 Å². The van der Waals surface area contributed by atoms with E-state index in [1.54, 1.807) is 0 Å². The number of benzene rings is 2. The van der Waals surface area contributed by atoms with Crippen molar-refractivity contribution in [3.05, 3.63) is 60.7 Å². The number of anilines is 2. The molecule has 2 aromatic rings. The number of nitrogens with one attached hydrogen (secondary N) is 1. The van der Waals surface area contributed by atoms with E-state index in [0.29, 0.717) is 5.11 Å². The average Bonchev–Trinajstić information content (AvgIpc) is 2.40. The molecule has 0 heterocycles. The Kier molecular flexibility index (Phi) is 3.69. The van der Waals surface area contributed by atoms with Gasteiger partial charge < -0.3 is 5.32 Å². The normalized spacial score (nSPS) is 9.71. The Morgan fingerprint density at radius 3 is 2.06 bits per heavy atom. The molecule has 17 heavy (non-hydrogen) atoms. The SMILES string of the molecule is NN(C(=S)Nc1ccccc1)c1ccccc1. The number of nitrogens with two attached hydrogens (primary N) is 1. The molecule has 0 aliphatic carbocycles. The van der Waals surface area contributed by atoms with Crippen molar-refractivity contribution in [2.24, 2.45) is 5.84 Å². The van der Waals surface area contributed by atoms with Crippen molar-refractivity contribution < 1.29 is 0 Å². The first-order valence-corrected chi connectivity index (χ1v) is 5.64. The molecule has 4 heteroatoms. The van der Waals surface area contributed by atoms with Gasteiger partial charge in [0, 0.05) is 5.69 Å². The molecule has 0 atom stereocenters. The monoisotopic (exact) mass is 243 g/mol. The van der Waals surface area contributed by atoms with Crippen LogP contribution in [0.2, 0.25) is 0 Å². The summed E-state index contributed by atoms with van der Waals surface area (Å²) in [5.41, 5.74) is 1.77. The Hall–Kier alpha value is -1.91. The van der Waals surface area contributed by atoms with Gasteiger partial charge in [-0.15, -0.1) is 0 Å². The van der Waals surface area contributed by atoms with Crippen molar-refractivity contribution in [1.29, 1.82) is 0 Å². The number of para-hydroxylation sites is 2. The highest BCUT2D eigenvalue weighted by atomic mass is 32.1. The number of hydrazine groups is 1. The molecule has 0 fully saturated rings. The molecule has 0 bridgehead atoms. The van der Waals surface area contributed by atoms with Crippen LogP contribution in [0.5, 0.6) is 0 Å². The maximum atomic E-state index is 5.92. The van der Waals surface area contributed by atoms with Gasteiger partial charge in [0.1, 0.15) is 0 Å². The molecule has 0 saturated carbocycles. The molecule has 2 rings (SSSR count). The maximum Gasteiger partial charge on any atom is 0.192 e. The fourth-order valence-corrected chi connectivity index (χ4v) is 1.63. The van der Waals surface area contributed by atoms with Crippen LogP contribution in [0.1, 0.15) is 0 Å². The third-order valence-electron chi connectivity index (χ3n) is 2.28. The summed E-state index contributed by atoms with van der Waals surface area (Å²) in [6.45, 7) is 0. The van der Waals surface area contributed by atoms with Gasteiger partial charge in [0.2, 0.25) is 0 Å². The third kappa shape index (κ3) is 3.03. The zero-order chi connectivity index (χ0) is 12.1. The first-order chi connectivity index (χ1) is 8.27. The quantitative estimate of drug-likeness (QED) is 0.483. The Bertz CT molecular complexity index is 485. The summed E-state index contributed by atoms with van der Waals surface area (Å²) >= 11 is 5.23. The zero-order valence-corrected chi connectivity index (χ0v) is 10.0. The highest BCUT2D eigenvalue weighted by Gasteiger charge is 2.06. The number of nitrogens with zero attached hydrogens (tertiary/aromatic N) is 1. The fourth-order valence-electron chi connectivity index (χ4n) is 1.41. The molecule has 0 spiro atoms. The van der Waals surface area contributed by atoms with Crippen LogP contribution in [0, 0.1) is 0 Å². The van der Waals surface area contributed by atoms with E-state index in [9.17, 15) is 0 Å². The lowest BCUT2D eigenvalue weighted by molar-refractivity contribution is 1.14. The van der Waals surface area contributed by atoms with Crippen molar-refractivity contribution >= 4 is 28.7 Å². The summed E-state index contributed by atoms with van der Waals surface area (Å²) in [4.78, 5) is 0. The molecule has 0 saturated heterocycles. The van der Waals surface area contributed by atoms with Crippen LogP contribution in [-0.2, 0) is 0 Å². The van der Waals surface area contributed by atoms with Crippen LogP contribution in [0.15, 0.2) is 60.7 Å². The lowest BCUT2D eigenvalue weighted by Crippen LogP contribution is -2.40. The van der Waals surface area contributed by atoms with E-state index in [0.717, 1.165) is 11.4 Å². The van der Waals surface area contributed by atoms with E-state index in [2.05, 4.69) is 5.32 Å². The van der Waals surface area contributed by atoms with Crippen LogP contribution in [0.3, 0.4) is 0 Å². The van der Waals surface area contributed by atoms with Crippen LogP contribution in [-0.4, -0.2) is 5.11 Å². The van der Waals surface area contributed by atoms with Gasteiger partial charge in [-0.2, -0.15) is 0 Å². The summed E-state index contributed by atoms with van der Waals surface area (Å²) in [5.74, 6) is 5.92. The molecule has 0 aliphatic rings. The van der Waals surface area contributed by atoms with Gasteiger partial charge in [0.25, 0.3) is 0 Å². The van der Waals surface area contributed by atoms with Crippen molar-refractivity contribution in [2.75, 3.05) is 10.3 Å². The predicted octanol–water partition coefficient (Wildman–Crippen LogP) is 2.76. The minimum absolute atomic E-state index is 0.461. The van der Waals surface area contributed by atoms with Crippen LogP contribution in [0.4, 0.5) is 11.4 Å². The Balaban J connectivity index is 2.06. The van der Waals surface area contributed by atoms with E-state index in [4.69, 9.17) is 18.1 Å². The Morgan fingerprint density at radius 1 is 0.941 bits per heavy atom. The molecule has 0 aliphatic heterocycles. The third-order valence-corrected chi connectivity index (χ3v) is 2.58. The highest BCUT2D eigenvalue weighted by molar-refractivity contribution is 7.80. The summed E-state index contributed by atoms with van der Waals surface area (Å²) in [7, 11) is 0.